The van der Waals surface area contributed by atoms with Crippen molar-refractivity contribution in [2.24, 2.45) is 17.6 Å². The summed E-state index contributed by atoms with van der Waals surface area (Å²) in [5.74, 6) is 0.191. The van der Waals surface area contributed by atoms with Gasteiger partial charge in [-0.1, -0.05) is 0 Å². The molecule has 0 aromatic heterocycles. The molecule has 9 heteroatoms. The van der Waals surface area contributed by atoms with E-state index in [0.717, 1.165) is 12.8 Å². The molecule has 140 valence electrons. The molecule has 25 heavy (non-hydrogen) atoms. The van der Waals surface area contributed by atoms with Crippen molar-refractivity contribution in [2.45, 2.75) is 23.8 Å². The highest BCUT2D eigenvalue weighted by Gasteiger charge is 2.45. The van der Waals surface area contributed by atoms with E-state index in [-0.39, 0.29) is 40.6 Å². The fourth-order valence-corrected chi connectivity index (χ4v) is 5.29. The van der Waals surface area contributed by atoms with Gasteiger partial charge in [0.05, 0.1) is 19.1 Å². The highest BCUT2D eigenvalue weighted by molar-refractivity contribution is 7.89. The highest BCUT2D eigenvalue weighted by atomic mass is 35.5. The number of nitrogens with zero attached hydrogens (tertiary/aromatic N) is 1. The number of hydrogen-bond acceptors (Lipinski definition) is 6. The number of benzene rings is 1. The van der Waals surface area contributed by atoms with Crippen molar-refractivity contribution in [2.75, 3.05) is 27.3 Å². The number of esters is 1. The predicted molar refractivity (Wildman–Crippen MR) is 94.5 cm³/mol. The number of sulfonamides is 1. The standard InChI is InChI=1S/C16H22N2O5S.ClH/c1-22-15-6-4-11(7-12(15)16(19)23-2)24(20,21)18-8-10-3-5-14(17)13(10)9-18;/h4,6-7,10,13-14H,3,5,8-9,17H2,1-2H3;1H. The Bertz CT molecular complexity index is 755. The zero-order chi connectivity index (χ0) is 17.5. The van der Waals surface area contributed by atoms with Crippen LogP contribution in [0.3, 0.4) is 0 Å². The van der Waals surface area contributed by atoms with Gasteiger partial charge in [0, 0.05) is 19.1 Å². The van der Waals surface area contributed by atoms with Crippen LogP contribution in [0.4, 0.5) is 0 Å². The van der Waals surface area contributed by atoms with Crippen LogP contribution in [0.2, 0.25) is 0 Å². The zero-order valence-corrected chi connectivity index (χ0v) is 15.8. The first-order valence-corrected chi connectivity index (χ1v) is 9.34. The predicted octanol–water partition coefficient (Wildman–Crippen LogP) is 1.26. The van der Waals surface area contributed by atoms with Gasteiger partial charge in [-0.15, -0.1) is 12.4 Å². The number of carbonyl (C=O) groups excluding carboxylic acids is 1. The second kappa shape index (κ2) is 7.49. The maximum absolute atomic E-state index is 12.9. The van der Waals surface area contributed by atoms with Gasteiger partial charge in [0.15, 0.2) is 0 Å². The number of halogens is 1. The van der Waals surface area contributed by atoms with E-state index < -0.39 is 16.0 Å². The maximum Gasteiger partial charge on any atom is 0.341 e. The summed E-state index contributed by atoms with van der Waals surface area (Å²) in [5.41, 5.74) is 6.18. The Hall–Kier alpha value is -1.35. The summed E-state index contributed by atoms with van der Waals surface area (Å²) in [4.78, 5) is 11.9. The van der Waals surface area contributed by atoms with Crippen molar-refractivity contribution in [3.05, 3.63) is 23.8 Å². The largest absolute Gasteiger partial charge is 0.496 e. The number of ether oxygens (including phenoxy) is 2. The molecule has 0 spiro atoms. The fraction of sp³-hybridized carbons (Fsp3) is 0.562. The first-order valence-electron chi connectivity index (χ1n) is 7.90. The van der Waals surface area contributed by atoms with Crippen LogP contribution in [0.25, 0.3) is 0 Å². The molecule has 1 aromatic carbocycles. The minimum absolute atomic E-state index is 0. The van der Waals surface area contributed by atoms with E-state index in [1.54, 1.807) is 0 Å². The van der Waals surface area contributed by atoms with Crippen LogP contribution in [-0.4, -0.2) is 52.0 Å². The Labute approximate surface area is 153 Å². The average Bonchev–Trinajstić information content (AvgIpc) is 3.16. The molecule has 0 bridgehead atoms. The van der Waals surface area contributed by atoms with E-state index in [1.165, 1.54) is 36.7 Å². The monoisotopic (exact) mass is 390 g/mol. The molecule has 3 atom stereocenters. The molecule has 0 amide bonds. The third kappa shape index (κ3) is 3.48. The molecule has 1 saturated heterocycles. The normalized spacial score (nSPS) is 26.0. The lowest BCUT2D eigenvalue weighted by atomic mass is 9.98. The average molecular weight is 391 g/mol. The molecule has 1 heterocycles. The summed E-state index contributed by atoms with van der Waals surface area (Å²) in [6.07, 6.45) is 1.92. The van der Waals surface area contributed by atoms with Crippen molar-refractivity contribution < 1.29 is 22.7 Å². The van der Waals surface area contributed by atoms with Gasteiger partial charge < -0.3 is 15.2 Å². The van der Waals surface area contributed by atoms with Gasteiger partial charge >= 0.3 is 5.97 Å². The topological polar surface area (TPSA) is 98.9 Å². The van der Waals surface area contributed by atoms with Crippen molar-refractivity contribution in [3.8, 4) is 5.75 Å². The van der Waals surface area contributed by atoms with Gasteiger partial charge in [0.25, 0.3) is 0 Å². The van der Waals surface area contributed by atoms with Crippen molar-refractivity contribution in [3.63, 3.8) is 0 Å². The molecule has 2 fully saturated rings. The van der Waals surface area contributed by atoms with Crippen LogP contribution < -0.4 is 10.5 Å². The van der Waals surface area contributed by atoms with Gasteiger partial charge in [-0.2, -0.15) is 4.31 Å². The number of methoxy groups -OCH3 is 2. The van der Waals surface area contributed by atoms with Crippen LogP contribution in [0.1, 0.15) is 23.2 Å². The second-order valence-electron chi connectivity index (χ2n) is 6.34. The number of carbonyl (C=O) groups is 1. The van der Waals surface area contributed by atoms with Crippen LogP contribution >= 0.6 is 12.4 Å². The second-order valence-corrected chi connectivity index (χ2v) is 8.28. The quantitative estimate of drug-likeness (QED) is 0.777. The lowest BCUT2D eigenvalue weighted by molar-refractivity contribution is 0.0597. The third-order valence-corrected chi connectivity index (χ3v) is 6.92. The van der Waals surface area contributed by atoms with Crippen LogP contribution in [0.15, 0.2) is 23.1 Å². The zero-order valence-electron chi connectivity index (χ0n) is 14.2. The van der Waals surface area contributed by atoms with E-state index >= 15 is 0 Å². The molecule has 1 aliphatic heterocycles. The number of rotatable bonds is 4. The SMILES string of the molecule is COC(=O)c1cc(S(=O)(=O)N2CC3CCC(N)C3C2)ccc1OC.Cl. The van der Waals surface area contributed by atoms with Gasteiger partial charge in [-0.05, 0) is 42.9 Å². The number of nitrogens with two attached hydrogens (primary N) is 1. The number of fused-ring (bicyclic) bond motifs is 1. The van der Waals surface area contributed by atoms with E-state index in [9.17, 15) is 13.2 Å². The van der Waals surface area contributed by atoms with E-state index in [1.807, 2.05) is 0 Å². The van der Waals surface area contributed by atoms with Crippen molar-refractivity contribution >= 4 is 28.4 Å². The summed E-state index contributed by atoms with van der Waals surface area (Å²) in [6.45, 7) is 0.925. The minimum atomic E-state index is -3.68. The Balaban J connectivity index is 0.00000225. The van der Waals surface area contributed by atoms with E-state index in [2.05, 4.69) is 0 Å². The fourth-order valence-electron chi connectivity index (χ4n) is 3.73. The summed E-state index contributed by atoms with van der Waals surface area (Å²) < 4.78 is 37.1. The molecular formula is C16H23ClN2O5S. The Morgan fingerprint density at radius 1 is 1.24 bits per heavy atom. The minimum Gasteiger partial charge on any atom is -0.496 e. The van der Waals surface area contributed by atoms with Gasteiger partial charge in [0.2, 0.25) is 10.0 Å². The van der Waals surface area contributed by atoms with Crippen molar-refractivity contribution in [1.82, 2.24) is 4.31 Å². The van der Waals surface area contributed by atoms with E-state index in [0.29, 0.717) is 19.0 Å². The van der Waals surface area contributed by atoms with Crippen LogP contribution in [0.5, 0.6) is 5.75 Å². The molecule has 1 saturated carbocycles. The lowest BCUT2D eigenvalue weighted by Crippen LogP contribution is -2.33. The molecule has 2 aliphatic rings. The Morgan fingerprint density at radius 2 is 1.96 bits per heavy atom. The molecule has 3 rings (SSSR count). The Kier molecular flexibility index (Phi) is 5.98. The summed E-state index contributed by atoms with van der Waals surface area (Å²) in [5, 5.41) is 0. The highest BCUT2D eigenvalue weighted by Crippen LogP contribution is 2.39. The lowest BCUT2D eigenvalue weighted by Gasteiger charge is -2.19. The molecule has 7 nitrogen and oxygen atoms in total. The molecule has 3 unspecified atom stereocenters. The summed E-state index contributed by atoms with van der Waals surface area (Å²) in [6, 6.07) is 4.31. The van der Waals surface area contributed by atoms with Crippen LogP contribution in [-0.2, 0) is 14.8 Å². The molecule has 2 N–H and O–H groups in total. The van der Waals surface area contributed by atoms with Gasteiger partial charge in [0.1, 0.15) is 11.3 Å². The van der Waals surface area contributed by atoms with Crippen LogP contribution in [0, 0.1) is 11.8 Å². The third-order valence-electron chi connectivity index (χ3n) is 5.09. The van der Waals surface area contributed by atoms with Gasteiger partial charge in [-0.3, -0.25) is 0 Å². The molecular weight excluding hydrogens is 368 g/mol. The molecule has 1 aliphatic carbocycles. The number of hydrogen-bond donors (Lipinski definition) is 1. The van der Waals surface area contributed by atoms with E-state index in [4.69, 9.17) is 15.2 Å². The maximum atomic E-state index is 12.9. The Morgan fingerprint density at radius 3 is 2.56 bits per heavy atom. The molecule has 0 radical (unpaired) electrons. The molecule has 1 aromatic rings. The first kappa shape index (κ1) is 20.0. The smallest absolute Gasteiger partial charge is 0.341 e. The summed E-state index contributed by atoms with van der Waals surface area (Å²) >= 11 is 0. The first-order chi connectivity index (χ1) is 11.4. The van der Waals surface area contributed by atoms with Gasteiger partial charge in [-0.25, -0.2) is 13.2 Å². The van der Waals surface area contributed by atoms with Crippen molar-refractivity contribution in [1.29, 1.82) is 0 Å². The summed E-state index contributed by atoms with van der Waals surface area (Å²) in [7, 11) is -1.02.